The number of amides is 1. The van der Waals surface area contributed by atoms with Gasteiger partial charge in [0.15, 0.2) is 0 Å². The summed E-state index contributed by atoms with van der Waals surface area (Å²) in [6.45, 7) is 0.544. The molecule has 3 aromatic carbocycles. The molecular weight excluding hydrogens is 298 g/mol. The van der Waals surface area contributed by atoms with E-state index in [0.717, 1.165) is 33.8 Å². The maximum absolute atomic E-state index is 13.0. The molecule has 0 radical (unpaired) electrons. The third-order valence-electron chi connectivity index (χ3n) is 4.81. The number of fused-ring (bicyclic) bond motifs is 6. The van der Waals surface area contributed by atoms with Crippen LogP contribution in [0.4, 0.5) is 0 Å². The Hall–Kier alpha value is -3.07. The standard InChI is InChI=1S/C21H15NO2/c23-21-16-9-3-2-8-15(16)20-17-10-4-6-12-19(17)24-18-11-5-1-7-14(18)13-22(20)21/h1-12,20H,13H2. The first kappa shape index (κ1) is 13.4. The van der Waals surface area contributed by atoms with Crippen LogP contribution in [0.2, 0.25) is 0 Å². The summed E-state index contributed by atoms with van der Waals surface area (Å²) in [5, 5.41) is 0. The molecule has 2 aliphatic rings. The van der Waals surface area contributed by atoms with Gasteiger partial charge in [-0.15, -0.1) is 0 Å². The van der Waals surface area contributed by atoms with Crippen LogP contribution in [0.15, 0.2) is 72.8 Å². The summed E-state index contributed by atoms with van der Waals surface area (Å²) in [6, 6.07) is 23.7. The van der Waals surface area contributed by atoms with E-state index in [1.54, 1.807) is 0 Å². The van der Waals surface area contributed by atoms with Crippen LogP contribution in [-0.2, 0) is 6.54 Å². The van der Waals surface area contributed by atoms with E-state index in [1.165, 1.54) is 0 Å². The first-order chi connectivity index (χ1) is 11.8. The van der Waals surface area contributed by atoms with Crippen molar-refractivity contribution < 1.29 is 9.53 Å². The van der Waals surface area contributed by atoms with Crippen LogP contribution in [0.1, 0.15) is 33.1 Å². The monoisotopic (exact) mass is 313 g/mol. The summed E-state index contributed by atoms with van der Waals surface area (Å²) >= 11 is 0. The molecule has 5 rings (SSSR count). The minimum Gasteiger partial charge on any atom is -0.457 e. The van der Waals surface area contributed by atoms with E-state index < -0.39 is 0 Å². The van der Waals surface area contributed by atoms with Gasteiger partial charge < -0.3 is 9.64 Å². The molecule has 3 heteroatoms. The maximum atomic E-state index is 13.0. The SMILES string of the molecule is O=C1c2ccccc2C2c3ccccc3Oc3ccccc3CN12. The molecule has 0 N–H and O–H groups in total. The fourth-order valence-corrected chi connectivity index (χ4v) is 3.70. The Morgan fingerprint density at radius 1 is 0.792 bits per heavy atom. The number of rotatable bonds is 0. The number of hydrogen-bond acceptors (Lipinski definition) is 2. The molecule has 0 aliphatic carbocycles. The van der Waals surface area contributed by atoms with E-state index in [1.807, 2.05) is 71.6 Å². The Labute approximate surface area is 140 Å². The fraction of sp³-hybridized carbons (Fsp3) is 0.0952. The van der Waals surface area contributed by atoms with Gasteiger partial charge in [-0.1, -0.05) is 54.6 Å². The van der Waals surface area contributed by atoms with E-state index in [-0.39, 0.29) is 11.9 Å². The lowest BCUT2D eigenvalue weighted by Gasteiger charge is -2.30. The predicted octanol–water partition coefficient (Wildman–Crippen LogP) is 4.54. The van der Waals surface area contributed by atoms with E-state index in [4.69, 9.17) is 4.74 Å². The lowest BCUT2D eigenvalue weighted by Crippen LogP contribution is -2.29. The lowest BCUT2D eigenvalue weighted by molar-refractivity contribution is 0.0730. The minimum absolute atomic E-state index is 0.0853. The molecule has 0 saturated heterocycles. The summed E-state index contributed by atoms with van der Waals surface area (Å²) in [5.41, 5.74) is 3.90. The van der Waals surface area contributed by atoms with Gasteiger partial charge in [-0.05, 0) is 23.8 Å². The van der Waals surface area contributed by atoms with Crippen molar-refractivity contribution in [3.05, 3.63) is 95.1 Å². The first-order valence-corrected chi connectivity index (χ1v) is 8.07. The molecular formula is C21H15NO2. The highest BCUT2D eigenvalue weighted by Gasteiger charge is 2.40. The molecule has 1 amide bonds. The van der Waals surface area contributed by atoms with Gasteiger partial charge in [0.25, 0.3) is 5.91 Å². The quantitative estimate of drug-likeness (QED) is 0.610. The number of hydrogen-bond donors (Lipinski definition) is 0. The van der Waals surface area contributed by atoms with Crippen molar-refractivity contribution in [2.75, 3.05) is 0 Å². The van der Waals surface area contributed by atoms with Crippen LogP contribution in [0.3, 0.4) is 0 Å². The highest BCUT2D eigenvalue weighted by atomic mass is 16.5. The van der Waals surface area contributed by atoms with Crippen LogP contribution in [-0.4, -0.2) is 10.8 Å². The summed E-state index contributed by atoms with van der Waals surface area (Å²) in [7, 11) is 0. The predicted molar refractivity (Wildman–Crippen MR) is 91.1 cm³/mol. The zero-order valence-electron chi connectivity index (χ0n) is 13.0. The summed E-state index contributed by atoms with van der Waals surface area (Å²) in [4.78, 5) is 14.9. The average molecular weight is 313 g/mol. The lowest BCUT2D eigenvalue weighted by atomic mass is 9.96. The molecule has 0 saturated carbocycles. The van der Waals surface area contributed by atoms with Crippen molar-refractivity contribution in [3.63, 3.8) is 0 Å². The number of ether oxygens (including phenoxy) is 1. The third-order valence-corrected chi connectivity index (χ3v) is 4.81. The molecule has 0 fully saturated rings. The van der Waals surface area contributed by atoms with E-state index in [9.17, 15) is 4.79 Å². The zero-order valence-corrected chi connectivity index (χ0v) is 13.0. The Morgan fingerprint density at radius 2 is 1.46 bits per heavy atom. The molecule has 0 bridgehead atoms. The Morgan fingerprint density at radius 3 is 2.33 bits per heavy atom. The second-order valence-electron chi connectivity index (χ2n) is 6.17. The van der Waals surface area contributed by atoms with Crippen molar-refractivity contribution in [1.29, 1.82) is 0 Å². The average Bonchev–Trinajstić information content (AvgIpc) is 2.88. The van der Waals surface area contributed by atoms with Crippen LogP contribution in [0.5, 0.6) is 11.5 Å². The number of carbonyl (C=O) groups is 1. The molecule has 3 aromatic rings. The van der Waals surface area contributed by atoms with Gasteiger partial charge in [0.05, 0.1) is 12.6 Å². The second-order valence-corrected chi connectivity index (χ2v) is 6.17. The van der Waals surface area contributed by atoms with Gasteiger partial charge in [0, 0.05) is 16.7 Å². The molecule has 0 spiro atoms. The molecule has 1 atom stereocenters. The zero-order chi connectivity index (χ0) is 16.1. The molecule has 1 unspecified atom stereocenters. The van der Waals surface area contributed by atoms with Crippen molar-refractivity contribution in [2.24, 2.45) is 0 Å². The van der Waals surface area contributed by atoms with Crippen molar-refractivity contribution in [1.82, 2.24) is 4.90 Å². The van der Waals surface area contributed by atoms with E-state index >= 15 is 0 Å². The fourth-order valence-electron chi connectivity index (χ4n) is 3.70. The van der Waals surface area contributed by atoms with E-state index in [2.05, 4.69) is 6.07 Å². The Kier molecular flexibility index (Phi) is 2.77. The summed E-state index contributed by atoms with van der Waals surface area (Å²) < 4.78 is 6.20. The minimum atomic E-state index is -0.0988. The van der Waals surface area contributed by atoms with Gasteiger partial charge in [-0.25, -0.2) is 0 Å². The van der Waals surface area contributed by atoms with Gasteiger partial charge >= 0.3 is 0 Å². The summed E-state index contributed by atoms with van der Waals surface area (Å²) in [5.74, 6) is 1.71. The second kappa shape index (κ2) is 4.96. The molecule has 2 heterocycles. The Balaban J connectivity index is 1.78. The largest absolute Gasteiger partial charge is 0.457 e. The molecule has 3 nitrogen and oxygen atoms in total. The van der Waals surface area contributed by atoms with Crippen LogP contribution in [0, 0.1) is 0 Å². The van der Waals surface area contributed by atoms with Gasteiger partial charge in [-0.2, -0.15) is 0 Å². The first-order valence-electron chi connectivity index (χ1n) is 8.07. The Bertz CT molecular complexity index is 963. The van der Waals surface area contributed by atoms with Crippen molar-refractivity contribution >= 4 is 5.91 Å². The maximum Gasteiger partial charge on any atom is 0.255 e. The highest BCUT2D eigenvalue weighted by molar-refractivity contribution is 6.00. The molecule has 0 aromatic heterocycles. The van der Waals surface area contributed by atoms with Crippen molar-refractivity contribution in [3.8, 4) is 11.5 Å². The van der Waals surface area contributed by atoms with Gasteiger partial charge in [0.1, 0.15) is 11.5 Å². The number of carbonyl (C=O) groups excluding carboxylic acids is 1. The van der Waals surface area contributed by atoms with Crippen LogP contribution < -0.4 is 4.74 Å². The number of benzene rings is 3. The van der Waals surface area contributed by atoms with E-state index in [0.29, 0.717) is 6.54 Å². The third kappa shape index (κ3) is 1.81. The molecule has 24 heavy (non-hydrogen) atoms. The van der Waals surface area contributed by atoms with Gasteiger partial charge in [0.2, 0.25) is 0 Å². The summed E-state index contributed by atoms with van der Waals surface area (Å²) in [6.07, 6.45) is 0. The normalized spacial score (nSPS) is 17.8. The number of nitrogens with zero attached hydrogens (tertiary/aromatic N) is 1. The topological polar surface area (TPSA) is 29.5 Å². The molecule has 116 valence electrons. The van der Waals surface area contributed by atoms with Crippen molar-refractivity contribution in [2.45, 2.75) is 12.6 Å². The molecule has 2 aliphatic heterocycles. The smallest absolute Gasteiger partial charge is 0.255 e. The van der Waals surface area contributed by atoms with Crippen LogP contribution in [0.25, 0.3) is 0 Å². The van der Waals surface area contributed by atoms with Crippen LogP contribution >= 0.6 is 0 Å². The number of para-hydroxylation sites is 2. The van der Waals surface area contributed by atoms with Gasteiger partial charge in [-0.3, -0.25) is 4.79 Å². The highest BCUT2D eigenvalue weighted by Crippen LogP contribution is 2.45.